The van der Waals surface area contributed by atoms with Crippen molar-refractivity contribution in [1.82, 2.24) is 10.7 Å². The number of ether oxygens (including phenoxy) is 2. The Morgan fingerprint density at radius 2 is 1.85 bits per heavy atom. The number of amides is 2. The first-order chi connectivity index (χ1) is 16.1. The number of halogens is 3. The molecule has 0 aliphatic carbocycles. The second kappa shape index (κ2) is 13.3. The molecule has 0 heterocycles. The number of nitrogens with one attached hydrogen (secondary N) is 2. The second-order valence-corrected chi connectivity index (χ2v) is 9.01. The first-order valence-corrected chi connectivity index (χ1v) is 11.8. The molecule has 1 unspecified atom stereocenters. The molecule has 0 aromatic heterocycles. The Labute approximate surface area is 216 Å². The van der Waals surface area contributed by atoms with Crippen LogP contribution in [0.25, 0.3) is 0 Å². The molecule has 2 aromatic rings. The summed E-state index contributed by atoms with van der Waals surface area (Å²) in [6.07, 6.45) is 1.44. The third-order valence-corrected chi connectivity index (χ3v) is 5.77. The van der Waals surface area contributed by atoms with Gasteiger partial charge in [-0.2, -0.15) is 5.10 Å². The van der Waals surface area contributed by atoms with Gasteiger partial charge in [-0.3, -0.25) is 9.59 Å². The van der Waals surface area contributed by atoms with Gasteiger partial charge < -0.3 is 14.8 Å². The van der Waals surface area contributed by atoms with Crippen molar-refractivity contribution in [2.45, 2.75) is 26.8 Å². The van der Waals surface area contributed by atoms with E-state index in [2.05, 4.69) is 31.8 Å². The number of hydrogen-bond acceptors (Lipinski definition) is 6. The van der Waals surface area contributed by atoms with E-state index in [4.69, 9.17) is 32.7 Å². The molecule has 2 aromatic carbocycles. The summed E-state index contributed by atoms with van der Waals surface area (Å²) >= 11 is 15.2. The molecule has 0 saturated carbocycles. The van der Waals surface area contributed by atoms with E-state index >= 15 is 0 Å². The van der Waals surface area contributed by atoms with Gasteiger partial charge in [0.05, 0.1) is 27.3 Å². The van der Waals surface area contributed by atoms with Crippen LogP contribution in [-0.4, -0.2) is 43.3 Å². The SMILES string of the molecule is CCOC(=O)COc1ccc(C=NNC(=O)C(NC(=O)c2ccc(Cl)c(Cl)c2)C(C)C)cc1Br. The van der Waals surface area contributed by atoms with Gasteiger partial charge in [0, 0.05) is 5.56 Å². The minimum Gasteiger partial charge on any atom is -0.481 e. The van der Waals surface area contributed by atoms with Gasteiger partial charge in [0.15, 0.2) is 6.61 Å². The highest BCUT2D eigenvalue weighted by Gasteiger charge is 2.24. The zero-order chi connectivity index (χ0) is 25.3. The summed E-state index contributed by atoms with van der Waals surface area (Å²) in [5.74, 6) is -1.15. The molecule has 182 valence electrons. The molecule has 11 heteroatoms. The highest BCUT2D eigenvalue weighted by molar-refractivity contribution is 9.10. The molecule has 8 nitrogen and oxygen atoms in total. The fraction of sp³-hybridized carbons (Fsp3) is 0.304. The van der Waals surface area contributed by atoms with Crippen LogP contribution in [0.1, 0.15) is 36.7 Å². The zero-order valence-electron chi connectivity index (χ0n) is 18.7. The molecule has 0 saturated heterocycles. The summed E-state index contributed by atoms with van der Waals surface area (Å²) in [6, 6.07) is 8.71. The Morgan fingerprint density at radius 3 is 2.47 bits per heavy atom. The van der Waals surface area contributed by atoms with E-state index in [-0.39, 0.29) is 29.7 Å². The van der Waals surface area contributed by atoms with E-state index in [1.807, 2.05) is 0 Å². The Hall–Kier alpha value is -2.62. The highest BCUT2D eigenvalue weighted by Crippen LogP contribution is 2.25. The lowest BCUT2D eigenvalue weighted by atomic mass is 10.0. The predicted octanol–water partition coefficient (Wildman–Crippen LogP) is 4.60. The standard InChI is InChI=1S/C23H24BrCl2N3O5/c1-4-33-20(30)12-34-19-8-5-14(9-16(19)24)11-27-29-23(32)21(13(2)3)28-22(31)15-6-7-17(25)18(26)10-15/h5-11,13,21H,4,12H2,1-3H3,(H,28,31)(H,29,32). The van der Waals surface area contributed by atoms with Crippen LogP contribution in [0.4, 0.5) is 0 Å². The van der Waals surface area contributed by atoms with Crippen molar-refractivity contribution < 1.29 is 23.9 Å². The van der Waals surface area contributed by atoms with Crippen LogP contribution in [0, 0.1) is 5.92 Å². The number of esters is 1. The molecule has 2 rings (SSSR count). The first kappa shape index (κ1) is 27.6. The Kier molecular flexibility index (Phi) is 10.8. The minimum absolute atomic E-state index is 0.202. The van der Waals surface area contributed by atoms with Gasteiger partial charge in [-0.25, -0.2) is 10.2 Å². The molecule has 2 N–H and O–H groups in total. The van der Waals surface area contributed by atoms with Gasteiger partial charge in [0.1, 0.15) is 11.8 Å². The lowest BCUT2D eigenvalue weighted by Gasteiger charge is -2.20. The zero-order valence-corrected chi connectivity index (χ0v) is 21.8. The van der Waals surface area contributed by atoms with Crippen molar-refractivity contribution in [3.63, 3.8) is 0 Å². The Balaban J connectivity index is 1.98. The summed E-state index contributed by atoms with van der Waals surface area (Å²) < 4.78 is 10.8. The first-order valence-electron chi connectivity index (χ1n) is 10.3. The lowest BCUT2D eigenvalue weighted by Crippen LogP contribution is -2.48. The Bertz CT molecular complexity index is 1080. The van der Waals surface area contributed by atoms with Crippen molar-refractivity contribution in [1.29, 1.82) is 0 Å². The van der Waals surface area contributed by atoms with Gasteiger partial charge in [0.2, 0.25) is 0 Å². The maximum absolute atomic E-state index is 12.6. The molecule has 2 amide bonds. The van der Waals surface area contributed by atoms with E-state index < -0.39 is 23.8 Å². The number of carbonyl (C=O) groups excluding carboxylic acids is 3. The topological polar surface area (TPSA) is 106 Å². The van der Waals surface area contributed by atoms with Crippen LogP contribution in [0.3, 0.4) is 0 Å². The maximum atomic E-state index is 12.6. The molecular weight excluding hydrogens is 549 g/mol. The summed E-state index contributed by atoms with van der Waals surface area (Å²) in [6.45, 7) is 5.39. The number of carbonyl (C=O) groups is 3. The summed E-state index contributed by atoms with van der Waals surface area (Å²) in [5.41, 5.74) is 3.39. The normalized spacial score (nSPS) is 11.9. The van der Waals surface area contributed by atoms with Crippen molar-refractivity contribution in [3.05, 3.63) is 62.0 Å². The molecule has 1 atom stereocenters. The fourth-order valence-corrected chi connectivity index (χ4v) is 3.50. The number of hydrogen-bond donors (Lipinski definition) is 2. The number of nitrogens with zero attached hydrogens (tertiary/aromatic N) is 1. The average Bonchev–Trinajstić information content (AvgIpc) is 2.78. The van der Waals surface area contributed by atoms with E-state index in [1.165, 1.54) is 24.4 Å². The van der Waals surface area contributed by atoms with Gasteiger partial charge in [-0.1, -0.05) is 37.0 Å². The maximum Gasteiger partial charge on any atom is 0.344 e. The van der Waals surface area contributed by atoms with Gasteiger partial charge in [0.25, 0.3) is 11.8 Å². The highest BCUT2D eigenvalue weighted by atomic mass is 79.9. The third-order valence-electron chi connectivity index (χ3n) is 4.41. The van der Waals surface area contributed by atoms with Crippen LogP contribution in [0.5, 0.6) is 5.75 Å². The smallest absolute Gasteiger partial charge is 0.344 e. The molecular formula is C23H24BrCl2N3O5. The lowest BCUT2D eigenvalue weighted by molar-refractivity contribution is -0.145. The summed E-state index contributed by atoms with van der Waals surface area (Å²) in [4.78, 5) is 36.6. The number of hydrazone groups is 1. The van der Waals surface area contributed by atoms with Crippen molar-refractivity contribution in [2.75, 3.05) is 13.2 Å². The molecule has 0 aliphatic rings. The second-order valence-electron chi connectivity index (χ2n) is 7.34. The van der Waals surface area contributed by atoms with Gasteiger partial charge >= 0.3 is 5.97 Å². The predicted molar refractivity (Wildman–Crippen MR) is 135 cm³/mol. The molecule has 0 spiro atoms. The minimum atomic E-state index is -0.829. The largest absolute Gasteiger partial charge is 0.481 e. The monoisotopic (exact) mass is 571 g/mol. The third kappa shape index (κ3) is 8.30. The molecule has 0 aliphatic heterocycles. The molecule has 0 radical (unpaired) electrons. The molecule has 34 heavy (non-hydrogen) atoms. The van der Waals surface area contributed by atoms with Crippen molar-refractivity contribution >= 4 is 63.1 Å². The summed E-state index contributed by atoms with van der Waals surface area (Å²) in [5, 5.41) is 7.23. The Morgan fingerprint density at radius 1 is 1.12 bits per heavy atom. The van der Waals surface area contributed by atoms with E-state index in [0.29, 0.717) is 20.8 Å². The van der Waals surface area contributed by atoms with Gasteiger partial charge in [-0.05, 0) is 70.7 Å². The van der Waals surface area contributed by atoms with E-state index in [1.54, 1.807) is 39.0 Å². The molecule has 0 bridgehead atoms. The number of benzene rings is 2. The molecule has 0 fully saturated rings. The average molecular weight is 573 g/mol. The van der Waals surface area contributed by atoms with Crippen LogP contribution >= 0.6 is 39.1 Å². The van der Waals surface area contributed by atoms with E-state index in [9.17, 15) is 14.4 Å². The summed E-state index contributed by atoms with van der Waals surface area (Å²) in [7, 11) is 0. The van der Waals surface area contributed by atoms with Crippen LogP contribution < -0.4 is 15.5 Å². The van der Waals surface area contributed by atoms with Crippen LogP contribution in [-0.2, 0) is 14.3 Å². The quantitative estimate of drug-likeness (QED) is 0.246. The number of rotatable bonds is 10. The van der Waals surface area contributed by atoms with E-state index in [0.717, 1.165) is 0 Å². The van der Waals surface area contributed by atoms with Crippen molar-refractivity contribution in [3.8, 4) is 5.75 Å². The van der Waals surface area contributed by atoms with Crippen molar-refractivity contribution in [2.24, 2.45) is 11.0 Å². The van der Waals surface area contributed by atoms with Gasteiger partial charge in [-0.15, -0.1) is 0 Å². The fourth-order valence-electron chi connectivity index (χ4n) is 2.69. The van der Waals surface area contributed by atoms with Crippen LogP contribution in [0.15, 0.2) is 46.0 Å². The van der Waals surface area contributed by atoms with Crippen LogP contribution in [0.2, 0.25) is 10.0 Å².